The van der Waals surface area contributed by atoms with E-state index in [4.69, 9.17) is 15.2 Å². The average Bonchev–Trinajstić information content (AvgIpc) is 0.799. The molecule has 0 saturated carbocycles. The molecule has 462 valence electrons. The van der Waals surface area contributed by atoms with E-state index in [2.05, 4.69) is 70.4 Å². The first-order valence-electron chi connectivity index (χ1n) is 28.2. The summed E-state index contributed by atoms with van der Waals surface area (Å²) in [4.78, 5) is 135. The van der Waals surface area contributed by atoms with Crippen molar-refractivity contribution in [3.05, 3.63) is 214 Å². The lowest BCUT2D eigenvalue weighted by atomic mass is 10.1. The highest BCUT2D eigenvalue weighted by atomic mass is 16.5. The number of aromatic amines is 4. The van der Waals surface area contributed by atoms with Gasteiger partial charge in [-0.05, 0) is 141 Å². The third-order valence-electron chi connectivity index (χ3n) is 14.7. The summed E-state index contributed by atoms with van der Waals surface area (Å²) in [6.07, 6.45) is 5.59. The van der Waals surface area contributed by atoms with Crippen LogP contribution in [-0.4, -0.2) is 114 Å². The Hall–Kier alpha value is -11.1. The highest BCUT2D eigenvalue weighted by molar-refractivity contribution is 5.83. The molecule has 12 rings (SSSR count). The van der Waals surface area contributed by atoms with Crippen molar-refractivity contribution >= 4 is 39.4 Å². The number of aldehydes is 1. The van der Waals surface area contributed by atoms with Crippen LogP contribution < -0.4 is 65.1 Å². The van der Waals surface area contributed by atoms with Gasteiger partial charge in [0.1, 0.15) is 6.29 Å². The van der Waals surface area contributed by atoms with Crippen molar-refractivity contribution in [3.63, 3.8) is 0 Å². The lowest BCUT2D eigenvalue weighted by Crippen LogP contribution is -2.30. The Labute approximate surface area is 510 Å². The predicted octanol–water partition coefficient (Wildman–Crippen LogP) is 3.14. The lowest BCUT2D eigenvalue weighted by Gasteiger charge is -2.18. The van der Waals surface area contributed by atoms with Crippen LogP contribution in [0.1, 0.15) is 54.9 Å². The van der Waals surface area contributed by atoms with Crippen LogP contribution in [0.25, 0.3) is 67.7 Å². The van der Waals surface area contributed by atoms with E-state index < -0.39 is 33.7 Å². The number of ether oxygens (including phenoxy) is 2. The predicted molar refractivity (Wildman–Crippen MR) is 338 cm³/mol. The van der Waals surface area contributed by atoms with Gasteiger partial charge in [0, 0.05) is 94.7 Å². The SMILES string of the molecule is COc1cc(C=O)ccn1.COc1cc(CNCCn2c3nc(=O)[nH]c(=O)c-3nc3cc(C)c(C)cc32)ccn1.Cc1cc2nc3c(=O)[nH]c(=O)nc-3n(CCN)c2cc1C.Cc1cc2nc3c(=O)[nH]c(=O)nc-3n(CCNCc3cc[nH]c(=O)c3)c2cc1C. The standard InChI is InChI=1S/C21H22N6O3.C20H20N6O3.C14H15N5O2.C7H7NO2/c1-12-8-15-16(9-13(12)2)27(19-18(24-15)20(28)26-21(29)25-19)7-6-22-11-14-4-5-23-17(10-14)30-3;1-11-7-14-15(8-12(11)2)26(18-17(23-14)19(28)25-20(29)24-18)6-5-21-10-13-3-4-22-16(27)9-13;1-7-5-9-10(6-8(7)2)19(4-3-15)12-11(16-9)13(20)18-14(21)17-12;1-10-7-4-6(5-9)2-3-8-7/h4-5,8-10,22H,6-7,11H2,1-3H3,(H,26,28,29);3-4,7-9,21H,5-6,10H2,1-2H3,(H,22,27)(H,25,28,29);5-6H,3-4,15H2,1-2H3,(H,18,20,21);2-5H,1H3. The number of hydrogen-bond donors (Lipinski definition) is 7. The number of carbonyl (C=O) groups excluding carboxylic acids is 1. The second-order valence-electron chi connectivity index (χ2n) is 20.9. The summed E-state index contributed by atoms with van der Waals surface area (Å²) in [7, 11) is 3.09. The third-order valence-corrected chi connectivity index (χ3v) is 14.7. The Morgan fingerprint density at radius 3 is 1.28 bits per heavy atom. The largest absolute Gasteiger partial charge is 0.481 e. The normalized spacial score (nSPS) is 11.1. The molecule has 0 unspecified atom stereocenters. The maximum Gasteiger partial charge on any atom is 0.349 e. The van der Waals surface area contributed by atoms with Crippen LogP contribution in [0.15, 0.2) is 125 Å². The van der Waals surface area contributed by atoms with E-state index in [9.17, 15) is 38.4 Å². The fourth-order valence-electron chi connectivity index (χ4n) is 9.69. The number of nitrogens with zero attached hydrogens (tertiary/aromatic N) is 11. The molecule has 0 saturated heterocycles. The molecule has 3 aromatic heterocycles. The van der Waals surface area contributed by atoms with E-state index in [0.29, 0.717) is 86.2 Å². The maximum absolute atomic E-state index is 12.3. The fraction of sp³-hybridized carbons (Fsp3) is 0.258. The summed E-state index contributed by atoms with van der Waals surface area (Å²) in [6, 6.07) is 22.1. The topological polar surface area (TPSA) is 386 Å². The van der Waals surface area contributed by atoms with Crippen molar-refractivity contribution in [2.45, 2.75) is 74.3 Å². The van der Waals surface area contributed by atoms with Gasteiger partial charge in [-0.15, -0.1) is 0 Å². The van der Waals surface area contributed by atoms with Crippen LogP contribution in [0.4, 0.5) is 0 Å². The van der Waals surface area contributed by atoms with Crippen molar-refractivity contribution in [2.24, 2.45) is 5.73 Å². The second-order valence-corrected chi connectivity index (χ2v) is 20.9. The van der Waals surface area contributed by atoms with Crippen molar-refractivity contribution in [1.82, 2.24) is 84.1 Å². The van der Waals surface area contributed by atoms with Crippen molar-refractivity contribution < 1.29 is 14.3 Å². The van der Waals surface area contributed by atoms with Gasteiger partial charge < -0.3 is 44.5 Å². The molecule has 0 atom stereocenters. The second kappa shape index (κ2) is 28.2. The van der Waals surface area contributed by atoms with E-state index in [0.717, 1.165) is 67.3 Å². The van der Waals surface area contributed by atoms with E-state index in [1.165, 1.54) is 19.4 Å². The molecule has 0 fully saturated rings. The Morgan fingerprint density at radius 2 is 0.878 bits per heavy atom. The summed E-state index contributed by atoms with van der Waals surface area (Å²) in [5.74, 6) is 1.83. The van der Waals surface area contributed by atoms with Crippen molar-refractivity contribution in [1.29, 1.82) is 0 Å². The van der Waals surface area contributed by atoms with Crippen LogP contribution in [-0.2, 0) is 32.7 Å². The number of rotatable bonds is 15. The number of aromatic nitrogens is 15. The van der Waals surface area contributed by atoms with Gasteiger partial charge in [0.05, 0.1) is 47.3 Å². The lowest BCUT2D eigenvalue weighted by molar-refractivity contribution is 0.112. The molecule has 28 heteroatoms. The molecule has 90 heavy (non-hydrogen) atoms. The molecular weight excluding hydrogens is 1160 g/mol. The van der Waals surface area contributed by atoms with Crippen LogP contribution in [0, 0.1) is 41.5 Å². The fourth-order valence-corrected chi connectivity index (χ4v) is 9.69. The molecule has 0 bridgehead atoms. The number of benzene rings is 3. The minimum absolute atomic E-state index is 0.134. The van der Waals surface area contributed by atoms with E-state index in [1.54, 1.807) is 36.2 Å². The first kappa shape index (κ1) is 63.4. The Balaban J connectivity index is 0.000000150. The van der Waals surface area contributed by atoms with Crippen LogP contribution in [0.3, 0.4) is 0 Å². The van der Waals surface area contributed by atoms with Crippen LogP contribution in [0.5, 0.6) is 11.8 Å². The summed E-state index contributed by atoms with van der Waals surface area (Å²) >= 11 is 0. The van der Waals surface area contributed by atoms with Gasteiger partial charge in [-0.25, -0.2) is 39.3 Å². The number of hydrogen-bond acceptors (Lipinski definition) is 21. The molecule has 6 aliphatic rings. The summed E-state index contributed by atoms with van der Waals surface area (Å²) < 4.78 is 15.4. The Kier molecular flexibility index (Phi) is 19.8. The van der Waals surface area contributed by atoms with Crippen molar-refractivity contribution in [3.8, 4) is 46.3 Å². The zero-order valence-electron chi connectivity index (χ0n) is 50.5. The van der Waals surface area contributed by atoms with Gasteiger partial charge in [-0.2, -0.15) is 15.0 Å². The number of aryl methyl sites for hydroxylation is 6. The minimum atomic E-state index is -0.697. The van der Waals surface area contributed by atoms with Gasteiger partial charge in [0.25, 0.3) is 16.7 Å². The minimum Gasteiger partial charge on any atom is -0.481 e. The Morgan fingerprint density at radius 1 is 0.489 bits per heavy atom. The molecule has 6 aromatic rings. The van der Waals surface area contributed by atoms with Gasteiger partial charge in [0.15, 0.2) is 34.6 Å². The first-order valence-corrected chi connectivity index (χ1v) is 28.2. The zero-order valence-corrected chi connectivity index (χ0v) is 50.5. The van der Waals surface area contributed by atoms with Gasteiger partial charge in [0.2, 0.25) is 17.3 Å². The molecule has 9 heterocycles. The molecule has 28 nitrogen and oxygen atoms in total. The molecule has 0 amide bonds. The van der Waals surface area contributed by atoms with E-state index >= 15 is 0 Å². The van der Waals surface area contributed by atoms with Gasteiger partial charge >= 0.3 is 17.1 Å². The monoisotopic (exact) mass is 1220 g/mol. The number of nitrogens with two attached hydrogens (primary N) is 1. The highest BCUT2D eigenvalue weighted by Crippen LogP contribution is 2.27. The molecule has 8 N–H and O–H groups in total. The quantitative estimate of drug-likeness (QED) is 0.0440. The molecule has 0 radical (unpaired) electrons. The maximum atomic E-state index is 12.3. The summed E-state index contributed by atoms with van der Waals surface area (Å²) in [5, 5.41) is 6.65. The smallest absolute Gasteiger partial charge is 0.349 e. The molecular formula is C62H64N18O10. The number of fused-ring (bicyclic) bond motifs is 6. The molecule has 0 aliphatic carbocycles. The number of pyridine rings is 3. The summed E-state index contributed by atoms with van der Waals surface area (Å²) in [6.45, 7) is 16.1. The average molecular weight is 1220 g/mol. The number of methoxy groups -OCH3 is 2. The van der Waals surface area contributed by atoms with Gasteiger partial charge in [-0.1, -0.05) is 0 Å². The highest BCUT2D eigenvalue weighted by Gasteiger charge is 2.22. The number of nitrogens with one attached hydrogen (secondary N) is 6. The molecule has 6 aliphatic heterocycles. The summed E-state index contributed by atoms with van der Waals surface area (Å²) in [5.41, 5.74) is 15.8. The first-order chi connectivity index (χ1) is 43.2. The molecule has 0 spiro atoms. The van der Waals surface area contributed by atoms with Crippen LogP contribution >= 0.6 is 0 Å². The zero-order chi connectivity index (χ0) is 64.3. The van der Waals surface area contributed by atoms with Crippen molar-refractivity contribution in [2.75, 3.05) is 33.9 Å². The van der Waals surface area contributed by atoms with E-state index in [-0.39, 0.29) is 40.1 Å². The van der Waals surface area contributed by atoms with E-state index in [1.807, 2.05) is 105 Å². The molecule has 3 aromatic carbocycles. The van der Waals surface area contributed by atoms with Gasteiger partial charge in [-0.3, -0.25) is 38.9 Å². The van der Waals surface area contributed by atoms with Crippen LogP contribution in [0.2, 0.25) is 0 Å². The Bertz CT molecular complexity index is 4970. The number of H-pyrrole nitrogens is 4. The number of carbonyl (C=O) groups is 1. The third kappa shape index (κ3) is 14.6.